The maximum absolute atomic E-state index is 12.7. The highest BCUT2D eigenvalue weighted by Crippen LogP contribution is 2.30. The molecule has 0 saturated heterocycles. The third-order valence-corrected chi connectivity index (χ3v) is 5.05. The second-order valence-electron chi connectivity index (χ2n) is 6.18. The van der Waals surface area contributed by atoms with E-state index >= 15 is 0 Å². The molecule has 3 aromatic rings. The number of carbonyl (C=O) groups excluding carboxylic acids is 1. The SMILES string of the molecule is CC(C)Oc1cccc(CC(=O)C(C#N)c2nc3cc(Cl)ccc3s2)c1. The molecule has 4 nitrogen and oxygen atoms in total. The summed E-state index contributed by atoms with van der Waals surface area (Å²) in [7, 11) is 0. The van der Waals surface area contributed by atoms with Gasteiger partial charge in [-0.1, -0.05) is 23.7 Å². The summed E-state index contributed by atoms with van der Waals surface area (Å²) in [5, 5.41) is 10.6. The summed E-state index contributed by atoms with van der Waals surface area (Å²) in [5.41, 5.74) is 1.52. The average Bonchev–Trinajstić information content (AvgIpc) is 2.97. The van der Waals surface area contributed by atoms with Gasteiger partial charge in [-0.25, -0.2) is 4.98 Å². The zero-order chi connectivity index (χ0) is 18.7. The molecule has 0 saturated carbocycles. The molecule has 1 unspecified atom stereocenters. The number of nitriles is 1. The Hall–Kier alpha value is -2.42. The van der Waals surface area contributed by atoms with Gasteiger partial charge >= 0.3 is 0 Å². The van der Waals surface area contributed by atoms with Crippen molar-refractivity contribution in [3.05, 3.63) is 58.1 Å². The molecular formula is C20H17ClN2O2S. The van der Waals surface area contributed by atoms with Crippen molar-refractivity contribution in [2.24, 2.45) is 0 Å². The van der Waals surface area contributed by atoms with E-state index in [2.05, 4.69) is 11.1 Å². The summed E-state index contributed by atoms with van der Waals surface area (Å²) in [4.78, 5) is 17.1. The molecule has 1 aromatic heterocycles. The minimum Gasteiger partial charge on any atom is -0.491 e. The van der Waals surface area contributed by atoms with Crippen LogP contribution in [-0.4, -0.2) is 16.9 Å². The number of rotatable bonds is 6. The van der Waals surface area contributed by atoms with Gasteiger partial charge in [0.1, 0.15) is 10.8 Å². The number of thiazole rings is 1. The molecule has 0 aliphatic rings. The third-order valence-electron chi connectivity index (χ3n) is 3.71. The Balaban J connectivity index is 1.81. The highest BCUT2D eigenvalue weighted by atomic mass is 35.5. The molecule has 6 heteroatoms. The van der Waals surface area contributed by atoms with Crippen molar-refractivity contribution in [1.82, 2.24) is 4.98 Å². The normalized spacial score (nSPS) is 12.1. The first-order chi connectivity index (χ1) is 12.5. The fourth-order valence-corrected chi connectivity index (χ4v) is 3.79. The fourth-order valence-electron chi connectivity index (χ4n) is 2.61. The van der Waals surface area contributed by atoms with E-state index in [9.17, 15) is 10.1 Å². The Morgan fingerprint density at radius 2 is 2.12 bits per heavy atom. The van der Waals surface area contributed by atoms with Crippen LogP contribution in [0, 0.1) is 11.3 Å². The zero-order valence-electron chi connectivity index (χ0n) is 14.4. The van der Waals surface area contributed by atoms with E-state index in [1.165, 1.54) is 11.3 Å². The molecule has 0 bridgehead atoms. The van der Waals surface area contributed by atoms with Crippen molar-refractivity contribution in [3.8, 4) is 11.8 Å². The van der Waals surface area contributed by atoms with E-state index in [0.717, 1.165) is 10.3 Å². The number of carbonyl (C=O) groups is 1. The molecule has 2 aromatic carbocycles. The maximum atomic E-state index is 12.7. The summed E-state index contributed by atoms with van der Waals surface area (Å²) in [6.07, 6.45) is 0.215. The minimum absolute atomic E-state index is 0.0578. The van der Waals surface area contributed by atoms with Gasteiger partial charge < -0.3 is 4.74 Å². The van der Waals surface area contributed by atoms with Gasteiger partial charge in [-0.05, 0) is 49.7 Å². The summed E-state index contributed by atoms with van der Waals surface area (Å²) >= 11 is 7.33. The van der Waals surface area contributed by atoms with Crippen molar-refractivity contribution in [1.29, 1.82) is 5.26 Å². The van der Waals surface area contributed by atoms with Gasteiger partial charge in [-0.15, -0.1) is 11.3 Å². The lowest BCUT2D eigenvalue weighted by Crippen LogP contribution is -2.13. The van der Waals surface area contributed by atoms with E-state index in [1.54, 1.807) is 12.1 Å². The zero-order valence-corrected chi connectivity index (χ0v) is 16.0. The highest BCUT2D eigenvalue weighted by Gasteiger charge is 2.24. The van der Waals surface area contributed by atoms with Gasteiger partial charge in [0, 0.05) is 11.4 Å². The standard InChI is InChI=1S/C20H17ClN2O2S/c1-12(2)25-15-5-3-4-13(8-15)9-18(24)16(11-22)20-23-17-10-14(21)6-7-19(17)26-20/h3-8,10,12,16H,9H2,1-2H3. The first kappa shape index (κ1) is 18.4. The van der Waals surface area contributed by atoms with Gasteiger partial charge in [0.2, 0.25) is 0 Å². The average molecular weight is 385 g/mol. The van der Waals surface area contributed by atoms with Crippen LogP contribution >= 0.6 is 22.9 Å². The van der Waals surface area contributed by atoms with Gasteiger partial charge in [0.15, 0.2) is 11.7 Å². The molecule has 26 heavy (non-hydrogen) atoms. The molecule has 1 atom stereocenters. The Kier molecular flexibility index (Phi) is 5.55. The van der Waals surface area contributed by atoms with Crippen LogP contribution in [-0.2, 0) is 11.2 Å². The molecule has 0 amide bonds. The molecular weight excluding hydrogens is 368 g/mol. The summed E-state index contributed by atoms with van der Waals surface area (Å²) in [5.74, 6) is -0.353. The van der Waals surface area contributed by atoms with Crippen molar-refractivity contribution in [2.45, 2.75) is 32.3 Å². The molecule has 0 aliphatic heterocycles. The monoisotopic (exact) mass is 384 g/mol. The minimum atomic E-state index is -0.888. The topological polar surface area (TPSA) is 63.0 Å². The summed E-state index contributed by atoms with van der Waals surface area (Å²) < 4.78 is 6.57. The second kappa shape index (κ2) is 7.86. The first-order valence-corrected chi connectivity index (χ1v) is 9.39. The number of ether oxygens (including phenoxy) is 1. The molecule has 0 spiro atoms. The molecule has 132 valence electrons. The van der Waals surface area contributed by atoms with Crippen LogP contribution in [0.2, 0.25) is 5.02 Å². The van der Waals surface area contributed by atoms with Crippen LogP contribution in [0.15, 0.2) is 42.5 Å². The number of nitrogens with zero attached hydrogens (tertiary/aromatic N) is 2. The Labute approximate surface area is 161 Å². The number of aromatic nitrogens is 1. The lowest BCUT2D eigenvalue weighted by Gasteiger charge is -2.11. The van der Waals surface area contributed by atoms with Gasteiger partial charge in [-0.2, -0.15) is 5.26 Å². The summed E-state index contributed by atoms with van der Waals surface area (Å²) in [6.45, 7) is 3.89. The van der Waals surface area contributed by atoms with Crippen LogP contribution in [0.5, 0.6) is 5.75 Å². The Morgan fingerprint density at radius 1 is 1.31 bits per heavy atom. The number of hydrogen-bond donors (Lipinski definition) is 0. The van der Waals surface area contributed by atoms with E-state index in [-0.39, 0.29) is 18.3 Å². The van der Waals surface area contributed by atoms with Crippen LogP contribution in [0.1, 0.15) is 30.3 Å². The van der Waals surface area contributed by atoms with Crippen molar-refractivity contribution >= 4 is 38.9 Å². The number of hydrogen-bond acceptors (Lipinski definition) is 5. The fraction of sp³-hybridized carbons (Fsp3) is 0.250. The van der Waals surface area contributed by atoms with Gasteiger partial charge in [-0.3, -0.25) is 4.79 Å². The third kappa shape index (κ3) is 4.21. The molecule has 0 radical (unpaired) electrons. The maximum Gasteiger partial charge on any atom is 0.161 e. The number of ketones is 1. The van der Waals surface area contributed by atoms with Crippen molar-refractivity contribution < 1.29 is 9.53 Å². The van der Waals surface area contributed by atoms with E-state index < -0.39 is 5.92 Å². The largest absolute Gasteiger partial charge is 0.491 e. The second-order valence-corrected chi connectivity index (χ2v) is 7.68. The lowest BCUT2D eigenvalue weighted by molar-refractivity contribution is -0.118. The Bertz CT molecular complexity index is 991. The van der Waals surface area contributed by atoms with Crippen LogP contribution in [0.4, 0.5) is 0 Å². The smallest absolute Gasteiger partial charge is 0.161 e. The predicted molar refractivity (Wildman–Crippen MR) is 104 cm³/mol. The number of benzene rings is 2. The molecule has 3 rings (SSSR count). The predicted octanol–water partition coefficient (Wildman–Crippen LogP) is 5.16. The van der Waals surface area contributed by atoms with Crippen molar-refractivity contribution in [2.75, 3.05) is 0 Å². The van der Waals surface area contributed by atoms with Gasteiger partial charge in [0.05, 0.1) is 22.4 Å². The number of fused-ring (bicyclic) bond motifs is 1. The van der Waals surface area contributed by atoms with Crippen LogP contribution < -0.4 is 4.74 Å². The number of halogens is 1. The highest BCUT2D eigenvalue weighted by molar-refractivity contribution is 7.18. The first-order valence-electron chi connectivity index (χ1n) is 8.20. The van der Waals surface area contributed by atoms with E-state index in [1.807, 2.05) is 44.2 Å². The number of Topliss-reactive ketones (excluding diaryl/α,β-unsaturated/α-hetero) is 1. The lowest BCUT2D eigenvalue weighted by atomic mass is 9.99. The van der Waals surface area contributed by atoms with Crippen LogP contribution in [0.3, 0.4) is 0 Å². The molecule has 0 aliphatic carbocycles. The van der Waals surface area contributed by atoms with E-state index in [4.69, 9.17) is 16.3 Å². The summed E-state index contributed by atoms with van der Waals surface area (Å²) in [6, 6.07) is 14.9. The van der Waals surface area contributed by atoms with Crippen LogP contribution in [0.25, 0.3) is 10.2 Å². The molecule has 1 heterocycles. The van der Waals surface area contributed by atoms with E-state index in [0.29, 0.717) is 21.3 Å². The molecule has 0 fully saturated rings. The quantitative estimate of drug-likeness (QED) is 0.589. The Morgan fingerprint density at radius 3 is 2.85 bits per heavy atom. The van der Waals surface area contributed by atoms with Gasteiger partial charge in [0.25, 0.3) is 0 Å². The van der Waals surface area contributed by atoms with Crippen molar-refractivity contribution in [3.63, 3.8) is 0 Å². The molecule has 0 N–H and O–H groups in total.